The van der Waals surface area contributed by atoms with E-state index in [1.807, 2.05) is 0 Å². The van der Waals surface area contributed by atoms with Gasteiger partial charge >= 0.3 is 5.97 Å². The Labute approximate surface area is 108 Å². The maximum Gasteiger partial charge on any atom is 0.307 e. The molecule has 0 saturated carbocycles. The third kappa shape index (κ3) is 6.90. The van der Waals surface area contributed by atoms with Crippen molar-refractivity contribution in [1.82, 2.24) is 10.2 Å². The van der Waals surface area contributed by atoms with Crippen LogP contribution in [0.2, 0.25) is 0 Å². The third-order valence-corrected chi connectivity index (χ3v) is 2.76. The van der Waals surface area contributed by atoms with Gasteiger partial charge < -0.3 is 19.9 Å². The van der Waals surface area contributed by atoms with Crippen LogP contribution in [0.1, 0.15) is 13.3 Å². The smallest absolute Gasteiger partial charge is 0.307 e. The summed E-state index contributed by atoms with van der Waals surface area (Å²) in [7, 11) is 0. The molecule has 0 radical (unpaired) electrons. The highest BCUT2D eigenvalue weighted by Gasteiger charge is 2.14. The van der Waals surface area contributed by atoms with E-state index in [2.05, 4.69) is 10.2 Å². The van der Waals surface area contributed by atoms with Crippen molar-refractivity contribution in [2.45, 2.75) is 19.4 Å². The molecule has 0 spiro atoms. The van der Waals surface area contributed by atoms with Crippen molar-refractivity contribution in [2.24, 2.45) is 0 Å². The molecule has 6 heteroatoms. The lowest BCUT2D eigenvalue weighted by Gasteiger charge is -2.28. The number of rotatable bonds is 8. The molecule has 2 N–H and O–H groups in total. The minimum absolute atomic E-state index is 0.201. The SMILES string of the molecule is CCOC(=O)CCNCC(O)CN1CCOCC1. The number of nitrogens with zero attached hydrogens (tertiary/aromatic N) is 1. The number of morpholine rings is 1. The number of hydrogen-bond donors (Lipinski definition) is 2. The first-order valence-electron chi connectivity index (χ1n) is 6.57. The third-order valence-electron chi connectivity index (χ3n) is 2.76. The molecule has 0 aliphatic carbocycles. The van der Waals surface area contributed by atoms with Crippen LogP contribution in [0.4, 0.5) is 0 Å². The second kappa shape index (κ2) is 9.27. The Morgan fingerprint density at radius 3 is 2.89 bits per heavy atom. The number of hydrogen-bond acceptors (Lipinski definition) is 6. The zero-order chi connectivity index (χ0) is 13.2. The lowest BCUT2D eigenvalue weighted by atomic mass is 10.3. The molecule has 0 aromatic rings. The van der Waals surface area contributed by atoms with Gasteiger partial charge in [-0.2, -0.15) is 0 Å². The topological polar surface area (TPSA) is 71.0 Å². The van der Waals surface area contributed by atoms with Crippen molar-refractivity contribution < 1.29 is 19.4 Å². The van der Waals surface area contributed by atoms with Gasteiger partial charge in [0.05, 0.1) is 32.3 Å². The van der Waals surface area contributed by atoms with Crippen molar-refractivity contribution in [3.05, 3.63) is 0 Å². The van der Waals surface area contributed by atoms with Crippen LogP contribution < -0.4 is 5.32 Å². The largest absolute Gasteiger partial charge is 0.466 e. The second-order valence-corrected chi connectivity index (χ2v) is 4.33. The number of β-amino-alcohol motifs (C(OH)–C–C–N with tert-alkyl or cyclic N) is 1. The summed E-state index contributed by atoms with van der Waals surface area (Å²) in [6, 6.07) is 0. The summed E-state index contributed by atoms with van der Waals surface area (Å²) < 4.78 is 10.0. The van der Waals surface area contributed by atoms with Crippen molar-refractivity contribution in [3.63, 3.8) is 0 Å². The maximum absolute atomic E-state index is 11.1. The number of carbonyl (C=O) groups excluding carboxylic acids is 1. The average Bonchev–Trinajstić information content (AvgIpc) is 2.36. The van der Waals surface area contributed by atoms with Gasteiger partial charge in [0, 0.05) is 32.7 Å². The van der Waals surface area contributed by atoms with Crippen LogP contribution in [0, 0.1) is 0 Å². The molecule has 0 bridgehead atoms. The summed E-state index contributed by atoms with van der Waals surface area (Å²) in [6.07, 6.45) is -0.0664. The highest BCUT2D eigenvalue weighted by atomic mass is 16.5. The first-order chi connectivity index (χ1) is 8.72. The van der Waals surface area contributed by atoms with Gasteiger partial charge in [-0.3, -0.25) is 9.69 Å². The van der Waals surface area contributed by atoms with Crippen LogP contribution in [0.25, 0.3) is 0 Å². The number of carbonyl (C=O) groups is 1. The minimum atomic E-state index is -0.412. The Morgan fingerprint density at radius 2 is 2.22 bits per heavy atom. The van der Waals surface area contributed by atoms with Gasteiger partial charge in [-0.05, 0) is 6.92 Å². The van der Waals surface area contributed by atoms with Gasteiger partial charge in [0.1, 0.15) is 0 Å². The number of aliphatic hydroxyl groups is 1. The monoisotopic (exact) mass is 260 g/mol. The molecule has 0 aromatic heterocycles. The lowest BCUT2D eigenvalue weighted by molar-refractivity contribution is -0.143. The van der Waals surface area contributed by atoms with Crippen LogP contribution in [0.5, 0.6) is 0 Å². The molecule has 106 valence electrons. The van der Waals surface area contributed by atoms with E-state index in [0.717, 1.165) is 26.3 Å². The van der Waals surface area contributed by atoms with E-state index in [9.17, 15) is 9.90 Å². The first-order valence-corrected chi connectivity index (χ1v) is 6.57. The molecule has 1 saturated heterocycles. The van der Waals surface area contributed by atoms with Crippen LogP contribution in [-0.2, 0) is 14.3 Å². The first kappa shape index (κ1) is 15.4. The van der Waals surface area contributed by atoms with Crippen LogP contribution in [0.3, 0.4) is 0 Å². The Morgan fingerprint density at radius 1 is 1.50 bits per heavy atom. The summed E-state index contributed by atoms with van der Waals surface area (Å²) in [6.45, 7) is 7.12. The molecule has 1 aliphatic rings. The van der Waals surface area contributed by atoms with Crippen molar-refractivity contribution in [3.8, 4) is 0 Å². The molecular weight excluding hydrogens is 236 g/mol. The fourth-order valence-electron chi connectivity index (χ4n) is 1.84. The number of aliphatic hydroxyl groups excluding tert-OH is 1. The summed E-state index contributed by atoms with van der Waals surface area (Å²) in [5, 5.41) is 12.9. The molecule has 1 unspecified atom stereocenters. The molecule has 0 amide bonds. The van der Waals surface area contributed by atoms with Crippen LogP contribution in [-0.4, -0.2) is 74.6 Å². The van der Waals surface area contributed by atoms with E-state index in [1.165, 1.54) is 0 Å². The normalized spacial score (nSPS) is 18.6. The van der Waals surface area contributed by atoms with E-state index in [0.29, 0.717) is 32.7 Å². The standard InChI is InChI=1S/C12H24N2O4/c1-2-18-12(16)3-4-13-9-11(15)10-14-5-7-17-8-6-14/h11,13,15H,2-10H2,1H3. The Balaban J connectivity index is 1.99. The highest BCUT2D eigenvalue weighted by Crippen LogP contribution is 1.98. The van der Waals surface area contributed by atoms with Crippen LogP contribution in [0.15, 0.2) is 0 Å². The molecule has 6 nitrogen and oxygen atoms in total. The molecule has 1 fully saturated rings. The van der Waals surface area contributed by atoms with Crippen LogP contribution >= 0.6 is 0 Å². The number of nitrogens with one attached hydrogen (secondary N) is 1. The zero-order valence-electron chi connectivity index (χ0n) is 11.1. The Hall–Kier alpha value is -0.690. The lowest BCUT2D eigenvalue weighted by Crippen LogP contribution is -2.43. The van der Waals surface area contributed by atoms with Crippen molar-refractivity contribution >= 4 is 5.97 Å². The van der Waals surface area contributed by atoms with E-state index in [4.69, 9.17) is 9.47 Å². The fraction of sp³-hybridized carbons (Fsp3) is 0.917. The van der Waals surface area contributed by atoms with Gasteiger partial charge in [0.15, 0.2) is 0 Å². The predicted molar refractivity (Wildman–Crippen MR) is 67.4 cm³/mol. The highest BCUT2D eigenvalue weighted by molar-refractivity contribution is 5.69. The minimum Gasteiger partial charge on any atom is -0.466 e. The predicted octanol–water partition coefficient (Wildman–Crippen LogP) is -0.778. The quantitative estimate of drug-likeness (QED) is 0.441. The van der Waals surface area contributed by atoms with Gasteiger partial charge in [0.25, 0.3) is 0 Å². The van der Waals surface area contributed by atoms with E-state index < -0.39 is 6.10 Å². The Kier molecular flexibility index (Phi) is 7.91. The van der Waals surface area contributed by atoms with Crippen molar-refractivity contribution in [1.29, 1.82) is 0 Å². The summed E-state index contributed by atoms with van der Waals surface area (Å²) in [5.74, 6) is -0.201. The molecule has 18 heavy (non-hydrogen) atoms. The molecule has 1 rings (SSSR count). The molecular formula is C12H24N2O4. The summed E-state index contributed by atoms with van der Waals surface area (Å²) in [5.41, 5.74) is 0. The average molecular weight is 260 g/mol. The van der Waals surface area contributed by atoms with Crippen molar-refractivity contribution in [2.75, 3.05) is 52.5 Å². The van der Waals surface area contributed by atoms with E-state index in [1.54, 1.807) is 6.92 Å². The van der Waals surface area contributed by atoms with Gasteiger partial charge in [-0.15, -0.1) is 0 Å². The van der Waals surface area contributed by atoms with Gasteiger partial charge in [-0.25, -0.2) is 0 Å². The van der Waals surface area contributed by atoms with E-state index >= 15 is 0 Å². The summed E-state index contributed by atoms with van der Waals surface area (Å²) in [4.78, 5) is 13.2. The molecule has 1 aliphatic heterocycles. The summed E-state index contributed by atoms with van der Waals surface area (Å²) >= 11 is 0. The van der Waals surface area contributed by atoms with E-state index in [-0.39, 0.29) is 5.97 Å². The maximum atomic E-state index is 11.1. The Bertz CT molecular complexity index is 232. The molecule has 1 atom stereocenters. The fourth-order valence-corrected chi connectivity index (χ4v) is 1.84. The molecule has 1 heterocycles. The zero-order valence-corrected chi connectivity index (χ0v) is 11.1. The number of esters is 1. The van der Waals surface area contributed by atoms with Gasteiger partial charge in [0.2, 0.25) is 0 Å². The number of ether oxygens (including phenoxy) is 2. The second-order valence-electron chi connectivity index (χ2n) is 4.33. The van der Waals surface area contributed by atoms with Gasteiger partial charge in [-0.1, -0.05) is 0 Å². The molecule has 0 aromatic carbocycles.